The van der Waals surface area contributed by atoms with Gasteiger partial charge >= 0.3 is 5.69 Å². The molecule has 0 spiro atoms. The lowest BCUT2D eigenvalue weighted by molar-refractivity contribution is -0.385. The molecule has 0 saturated heterocycles. The van der Waals surface area contributed by atoms with Crippen molar-refractivity contribution in [1.82, 2.24) is 5.32 Å². The van der Waals surface area contributed by atoms with Gasteiger partial charge < -0.3 is 10.1 Å². The molecule has 0 aliphatic carbocycles. The summed E-state index contributed by atoms with van der Waals surface area (Å²) < 4.78 is 5.32. The summed E-state index contributed by atoms with van der Waals surface area (Å²) in [5, 5.41) is 14.2. The van der Waals surface area contributed by atoms with Crippen LogP contribution in [0.1, 0.15) is 25.5 Å². The molecule has 0 aliphatic rings. The number of benzene rings is 2. The Kier molecular flexibility index (Phi) is 6.36. The van der Waals surface area contributed by atoms with Gasteiger partial charge in [-0.25, -0.2) is 0 Å². The number of ether oxygens (including phenoxy) is 1. The van der Waals surface area contributed by atoms with Crippen LogP contribution < -0.4 is 10.1 Å². The van der Waals surface area contributed by atoms with E-state index >= 15 is 0 Å². The van der Waals surface area contributed by atoms with E-state index in [1.165, 1.54) is 18.2 Å². The smallest absolute Gasteiger partial charge is 0.312 e. The number of hydrogen-bond acceptors (Lipinski definition) is 4. The maximum atomic E-state index is 12.2. The Labute approximate surface area is 150 Å². The second kappa shape index (κ2) is 8.48. The zero-order valence-electron chi connectivity index (χ0n) is 13.9. The summed E-state index contributed by atoms with van der Waals surface area (Å²) in [5.74, 6) is -0.173. The number of halogens is 1. The van der Waals surface area contributed by atoms with Gasteiger partial charge in [0.25, 0.3) is 5.91 Å². The van der Waals surface area contributed by atoms with E-state index < -0.39 is 4.92 Å². The number of carbonyl (C=O) groups is 1. The number of nitrogens with zero attached hydrogens (tertiary/aromatic N) is 1. The van der Waals surface area contributed by atoms with Gasteiger partial charge in [-0.15, -0.1) is 0 Å². The number of carbonyl (C=O) groups excluding carboxylic acids is 1. The van der Waals surface area contributed by atoms with E-state index in [0.717, 1.165) is 5.56 Å². The van der Waals surface area contributed by atoms with E-state index in [9.17, 15) is 14.9 Å². The molecule has 0 saturated carbocycles. The third kappa shape index (κ3) is 5.19. The Hall–Kier alpha value is -2.60. The minimum atomic E-state index is -0.597. The minimum Gasteiger partial charge on any atom is -0.477 e. The van der Waals surface area contributed by atoms with Gasteiger partial charge in [0.1, 0.15) is 0 Å². The van der Waals surface area contributed by atoms with Crippen LogP contribution in [0.15, 0.2) is 48.5 Å². The van der Waals surface area contributed by atoms with Crippen molar-refractivity contribution in [3.8, 4) is 5.75 Å². The highest BCUT2D eigenvalue weighted by atomic mass is 35.5. The molecular formula is C18H19ClN2O4. The van der Waals surface area contributed by atoms with Crippen molar-refractivity contribution >= 4 is 23.2 Å². The van der Waals surface area contributed by atoms with Crippen molar-refractivity contribution in [2.24, 2.45) is 5.92 Å². The molecule has 1 unspecified atom stereocenters. The quantitative estimate of drug-likeness (QED) is 0.592. The number of amides is 1. The molecule has 1 atom stereocenters. The van der Waals surface area contributed by atoms with Crippen LogP contribution in [0.4, 0.5) is 5.69 Å². The summed E-state index contributed by atoms with van der Waals surface area (Å²) in [4.78, 5) is 22.7. The molecule has 0 bridgehead atoms. The molecule has 0 radical (unpaired) electrons. The van der Waals surface area contributed by atoms with Gasteiger partial charge in [-0.2, -0.15) is 0 Å². The first-order valence-electron chi connectivity index (χ1n) is 7.79. The molecule has 6 nitrogen and oxygen atoms in total. The number of hydrogen-bond donors (Lipinski definition) is 1. The summed E-state index contributed by atoms with van der Waals surface area (Å²) in [7, 11) is 0. The molecule has 0 aliphatic heterocycles. The second-order valence-corrected chi connectivity index (χ2v) is 6.29. The predicted molar refractivity (Wildman–Crippen MR) is 95.8 cm³/mol. The highest BCUT2D eigenvalue weighted by Crippen LogP contribution is 2.30. The fourth-order valence-corrected chi connectivity index (χ4v) is 2.58. The average molecular weight is 363 g/mol. The molecule has 25 heavy (non-hydrogen) atoms. The van der Waals surface area contributed by atoms with Crippen LogP contribution in [-0.4, -0.2) is 17.4 Å². The largest absolute Gasteiger partial charge is 0.477 e. The standard InChI is InChI=1S/C18H19ClN2O4/c1-12(2)18(13-6-4-3-5-7-13)20-17(22)11-25-16-9-8-14(19)10-15(16)21(23)24/h3-10,12,18H,11H2,1-2H3,(H,20,22). The summed E-state index contributed by atoms with van der Waals surface area (Å²) in [6, 6.07) is 13.5. The lowest BCUT2D eigenvalue weighted by atomic mass is 9.96. The third-order valence-corrected chi connectivity index (χ3v) is 3.85. The highest BCUT2D eigenvalue weighted by Gasteiger charge is 2.20. The van der Waals surface area contributed by atoms with Crippen molar-refractivity contribution in [2.75, 3.05) is 6.61 Å². The van der Waals surface area contributed by atoms with Crippen molar-refractivity contribution in [1.29, 1.82) is 0 Å². The summed E-state index contributed by atoms with van der Waals surface area (Å²) in [6.07, 6.45) is 0. The van der Waals surface area contributed by atoms with Gasteiger partial charge in [0.2, 0.25) is 0 Å². The monoisotopic (exact) mass is 362 g/mol. The Morgan fingerprint density at radius 3 is 2.52 bits per heavy atom. The Morgan fingerprint density at radius 2 is 1.92 bits per heavy atom. The van der Waals surface area contributed by atoms with E-state index in [-0.39, 0.29) is 40.9 Å². The van der Waals surface area contributed by atoms with E-state index in [1.807, 2.05) is 44.2 Å². The number of nitro benzene ring substituents is 1. The second-order valence-electron chi connectivity index (χ2n) is 5.86. The first-order valence-corrected chi connectivity index (χ1v) is 8.17. The maximum absolute atomic E-state index is 12.2. The molecule has 2 aromatic carbocycles. The molecular weight excluding hydrogens is 344 g/mol. The van der Waals surface area contributed by atoms with Crippen molar-refractivity contribution in [3.63, 3.8) is 0 Å². The zero-order chi connectivity index (χ0) is 18.4. The summed E-state index contributed by atoms with van der Waals surface area (Å²) in [6.45, 7) is 3.68. The van der Waals surface area contributed by atoms with Crippen LogP contribution in [0.5, 0.6) is 5.75 Å². The lowest BCUT2D eigenvalue weighted by Crippen LogP contribution is -2.35. The number of nitrogens with one attached hydrogen (secondary N) is 1. The molecule has 0 aromatic heterocycles. The minimum absolute atomic E-state index is 0.00496. The first-order chi connectivity index (χ1) is 11.9. The van der Waals surface area contributed by atoms with Crippen molar-refractivity contribution in [3.05, 3.63) is 69.2 Å². The van der Waals surface area contributed by atoms with Crippen LogP contribution in [0.3, 0.4) is 0 Å². The van der Waals surface area contributed by atoms with E-state index in [4.69, 9.17) is 16.3 Å². The molecule has 7 heteroatoms. The molecule has 0 fully saturated rings. The number of nitro groups is 1. The van der Waals surface area contributed by atoms with E-state index in [2.05, 4.69) is 5.32 Å². The maximum Gasteiger partial charge on any atom is 0.312 e. The topological polar surface area (TPSA) is 81.5 Å². The lowest BCUT2D eigenvalue weighted by Gasteiger charge is -2.23. The zero-order valence-corrected chi connectivity index (χ0v) is 14.7. The van der Waals surface area contributed by atoms with Crippen LogP contribution in [0.2, 0.25) is 5.02 Å². The molecule has 1 amide bonds. The van der Waals surface area contributed by atoms with Gasteiger partial charge in [-0.1, -0.05) is 55.8 Å². The SMILES string of the molecule is CC(C)C(NC(=O)COc1ccc(Cl)cc1[N+](=O)[O-])c1ccccc1. The molecule has 2 rings (SSSR count). The first kappa shape index (κ1) is 18.7. The van der Waals surface area contributed by atoms with E-state index in [0.29, 0.717) is 0 Å². The van der Waals surface area contributed by atoms with Crippen LogP contribution in [-0.2, 0) is 4.79 Å². The van der Waals surface area contributed by atoms with Crippen LogP contribution >= 0.6 is 11.6 Å². The fourth-order valence-electron chi connectivity index (χ4n) is 2.41. The molecule has 132 valence electrons. The summed E-state index contributed by atoms with van der Waals surface area (Å²) >= 11 is 5.76. The average Bonchev–Trinajstić information content (AvgIpc) is 2.59. The normalized spacial score (nSPS) is 11.8. The van der Waals surface area contributed by atoms with Crippen molar-refractivity contribution in [2.45, 2.75) is 19.9 Å². The van der Waals surface area contributed by atoms with Crippen molar-refractivity contribution < 1.29 is 14.5 Å². The molecule has 0 heterocycles. The van der Waals surface area contributed by atoms with Gasteiger partial charge in [-0.05, 0) is 23.6 Å². The third-order valence-electron chi connectivity index (χ3n) is 3.62. The Balaban J connectivity index is 2.04. The number of rotatable bonds is 7. The fraction of sp³-hybridized carbons (Fsp3) is 0.278. The molecule has 1 N–H and O–H groups in total. The molecule has 2 aromatic rings. The Morgan fingerprint density at radius 1 is 1.24 bits per heavy atom. The highest BCUT2D eigenvalue weighted by molar-refractivity contribution is 6.30. The summed E-state index contributed by atoms with van der Waals surface area (Å²) in [5.41, 5.74) is 0.715. The van der Waals surface area contributed by atoms with Gasteiger partial charge in [-0.3, -0.25) is 14.9 Å². The van der Waals surface area contributed by atoms with Crippen LogP contribution in [0.25, 0.3) is 0 Å². The predicted octanol–water partition coefficient (Wildman–Crippen LogP) is 4.14. The van der Waals surface area contributed by atoms with Crippen LogP contribution in [0, 0.1) is 16.0 Å². The van der Waals surface area contributed by atoms with E-state index in [1.54, 1.807) is 0 Å². The van der Waals surface area contributed by atoms with Gasteiger partial charge in [0, 0.05) is 11.1 Å². The Bertz CT molecular complexity index is 750. The van der Waals surface area contributed by atoms with Gasteiger partial charge in [0.05, 0.1) is 11.0 Å². The van der Waals surface area contributed by atoms with Gasteiger partial charge in [0.15, 0.2) is 12.4 Å².